The number of rotatable bonds is 5. The number of ether oxygens (including phenoxy) is 3. The molecular weight excluding hydrogens is 458 g/mol. The van der Waals surface area contributed by atoms with Crippen LogP contribution in [0.1, 0.15) is 53.9 Å². The normalized spacial score (nSPS) is 17.5. The summed E-state index contributed by atoms with van der Waals surface area (Å²) >= 11 is 0. The second-order valence-corrected chi connectivity index (χ2v) is 7.61. The van der Waals surface area contributed by atoms with Crippen LogP contribution in [-0.4, -0.2) is 34.5 Å². The third kappa shape index (κ3) is 4.23. The molecule has 2 aromatic carbocycles. The van der Waals surface area contributed by atoms with Gasteiger partial charge < -0.3 is 14.2 Å². The summed E-state index contributed by atoms with van der Waals surface area (Å²) < 4.78 is 73.3. The maximum absolute atomic E-state index is 14.4. The molecule has 0 spiro atoms. The van der Waals surface area contributed by atoms with Crippen molar-refractivity contribution >= 4 is 5.97 Å². The van der Waals surface area contributed by atoms with Gasteiger partial charge >= 0.3 is 12.1 Å². The van der Waals surface area contributed by atoms with E-state index in [0.29, 0.717) is 16.9 Å². The summed E-state index contributed by atoms with van der Waals surface area (Å²) in [5.41, 5.74) is 1.29. The molecule has 0 radical (unpaired) electrons. The maximum atomic E-state index is 14.4. The number of benzene rings is 2. The van der Waals surface area contributed by atoms with Crippen molar-refractivity contribution in [3.05, 3.63) is 70.6 Å². The van der Waals surface area contributed by atoms with Gasteiger partial charge in [0.2, 0.25) is 5.82 Å². The van der Waals surface area contributed by atoms with Crippen LogP contribution in [0.2, 0.25) is 0 Å². The molecule has 180 valence electrons. The molecule has 0 fully saturated rings. The van der Waals surface area contributed by atoms with E-state index in [1.807, 2.05) is 0 Å². The molecule has 0 aliphatic carbocycles. The Balaban J connectivity index is 1.98. The first kappa shape index (κ1) is 23.7. The summed E-state index contributed by atoms with van der Waals surface area (Å²) in [7, 11) is 1.48. The van der Waals surface area contributed by atoms with Gasteiger partial charge in [0.1, 0.15) is 23.8 Å². The molecule has 0 N–H and O–H groups in total. The molecule has 0 saturated heterocycles. The number of fused-ring (bicyclic) bond motifs is 3. The van der Waals surface area contributed by atoms with E-state index in [1.54, 1.807) is 32.0 Å². The number of halogens is 4. The van der Waals surface area contributed by atoms with E-state index in [-0.39, 0.29) is 23.7 Å². The van der Waals surface area contributed by atoms with E-state index in [2.05, 4.69) is 10.2 Å². The minimum Gasteiger partial charge on any atom is -0.496 e. The molecule has 4 rings (SSSR count). The van der Waals surface area contributed by atoms with Crippen molar-refractivity contribution in [1.82, 2.24) is 14.8 Å². The molecule has 34 heavy (non-hydrogen) atoms. The van der Waals surface area contributed by atoms with E-state index in [1.165, 1.54) is 13.2 Å². The Hall–Kier alpha value is -3.47. The highest BCUT2D eigenvalue weighted by Crippen LogP contribution is 2.44. The van der Waals surface area contributed by atoms with Crippen molar-refractivity contribution in [2.24, 2.45) is 0 Å². The Morgan fingerprint density at radius 2 is 1.94 bits per heavy atom. The van der Waals surface area contributed by atoms with Crippen molar-refractivity contribution < 1.29 is 36.6 Å². The van der Waals surface area contributed by atoms with Gasteiger partial charge in [0.15, 0.2) is 5.82 Å². The van der Waals surface area contributed by atoms with Crippen LogP contribution in [0, 0.1) is 12.7 Å². The third-order valence-electron chi connectivity index (χ3n) is 5.53. The molecule has 2 atom stereocenters. The van der Waals surface area contributed by atoms with Crippen LogP contribution in [0.15, 0.2) is 36.4 Å². The fourth-order valence-corrected chi connectivity index (χ4v) is 4.05. The third-order valence-corrected chi connectivity index (χ3v) is 5.53. The van der Waals surface area contributed by atoms with Gasteiger partial charge in [0.05, 0.1) is 25.8 Å². The zero-order valence-corrected chi connectivity index (χ0v) is 18.5. The van der Waals surface area contributed by atoms with Crippen molar-refractivity contribution in [1.29, 1.82) is 0 Å². The Labute approximate surface area is 192 Å². The van der Waals surface area contributed by atoms with Crippen LogP contribution in [0.5, 0.6) is 5.75 Å². The van der Waals surface area contributed by atoms with Crippen LogP contribution in [0.3, 0.4) is 0 Å². The second kappa shape index (κ2) is 9.05. The monoisotopic (exact) mass is 479 g/mol. The van der Waals surface area contributed by atoms with E-state index >= 15 is 0 Å². The number of methoxy groups -OCH3 is 1. The lowest BCUT2D eigenvalue weighted by molar-refractivity contribution is -0.147. The zero-order valence-electron chi connectivity index (χ0n) is 18.5. The van der Waals surface area contributed by atoms with Crippen molar-refractivity contribution in [2.75, 3.05) is 13.7 Å². The van der Waals surface area contributed by atoms with Crippen LogP contribution in [0.25, 0.3) is 5.69 Å². The highest BCUT2D eigenvalue weighted by atomic mass is 19.4. The Bertz CT molecular complexity index is 1230. The molecule has 2 heterocycles. The first-order valence-corrected chi connectivity index (χ1v) is 10.4. The summed E-state index contributed by atoms with van der Waals surface area (Å²) in [6.45, 7) is 3.44. The number of carbonyl (C=O) groups excluding carboxylic acids is 1. The fraction of sp³-hybridized carbons (Fsp3) is 0.348. The zero-order chi connectivity index (χ0) is 24.6. The SMILES string of the molecule is CCOC(=O)C[C@@H]1O[C@@H](c2cccc(OC)c2C)c2cc(F)ccc2-n2c1nnc2C(F)(F)F. The smallest absolute Gasteiger partial charge is 0.452 e. The number of hydrogen-bond acceptors (Lipinski definition) is 6. The minimum atomic E-state index is -4.86. The molecular formula is C23H21F4N3O4. The Morgan fingerprint density at radius 3 is 2.62 bits per heavy atom. The van der Waals surface area contributed by atoms with E-state index in [4.69, 9.17) is 14.2 Å². The van der Waals surface area contributed by atoms with Gasteiger partial charge in [-0.05, 0) is 49.2 Å². The predicted octanol–water partition coefficient (Wildman–Crippen LogP) is 4.86. The molecule has 0 amide bonds. The van der Waals surface area contributed by atoms with Crippen LogP contribution >= 0.6 is 0 Å². The van der Waals surface area contributed by atoms with Gasteiger partial charge in [-0.25, -0.2) is 4.39 Å². The summed E-state index contributed by atoms with van der Waals surface area (Å²) in [6, 6.07) is 8.48. The minimum absolute atomic E-state index is 0.00713. The number of carbonyl (C=O) groups is 1. The molecule has 7 nitrogen and oxygen atoms in total. The predicted molar refractivity (Wildman–Crippen MR) is 111 cm³/mol. The molecule has 1 aliphatic heterocycles. The van der Waals surface area contributed by atoms with Gasteiger partial charge in [-0.3, -0.25) is 9.36 Å². The molecule has 0 unspecified atom stereocenters. The quantitative estimate of drug-likeness (QED) is 0.385. The average Bonchev–Trinajstić information content (AvgIpc) is 3.18. The molecule has 1 aromatic heterocycles. The van der Waals surface area contributed by atoms with Crippen LogP contribution < -0.4 is 4.74 Å². The average molecular weight is 479 g/mol. The number of hydrogen-bond donors (Lipinski definition) is 0. The van der Waals surface area contributed by atoms with Crippen LogP contribution in [-0.2, 0) is 20.4 Å². The van der Waals surface area contributed by atoms with Crippen molar-refractivity contribution in [3.8, 4) is 11.4 Å². The lowest BCUT2D eigenvalue weighted by Gasteiger charge is -2.24. The fourth-order valence-electron chi connectivity index (χ4n) is 4.05. The molecule has 0 bridgehead atoms. The number of nitrogens with zero attached hydrogens (tertiary/aromatic N) is 3. The molecule has 0 saturated carbocycles. The Kier molecular flexibility index (Phi) is 6.30. The molecule has 3 aromatic rings. The first-order chi connectivity index (χ1) is 16.2. The highest BCUT2D eigenvalue weighted by Gasteiger charge is 2.43. The van der Waals surface area contributed by atoms with Crippen LogP contribution in [0.4, 0.5) is 17.6 Å². The number of esters is 1. The number of alkyl halides is 3. The summed E-state index contributed by atoms with van der Waals surface area (Å²) in [4.78, 5) is 12.3. The van der Waals surface area contributed by atoms with Gasteiger partial charge in [0.25, 0.3) is 0 Å². The van der Waals surface area contributed by atoms with Crippen molar-refractivity contribution in [2.45, 2.75) is 38.7 Å². The lowest BCUT2D eigenvalue weighted by atomic mass is 9.95. The topological polar surface area (TPSA) is 75.5 Å². The van der Waals surface area contributed by atoms with Gasteiger partial charge in [0, 0.05) is 5.56 Å². The highest BCUT2D eigenvalue weighted by molar-refractivity contribution is 5.70. The molecule has 11 heteroatoms. The first-order valence-electron chi connectivity index (χ1n) is 10.4. The van der Waals surface area contributed by atoms with Crippen molar-refractivity contribution in [3.63, 3.8) is 0 Å². The standard InChI is InChI=1S/C23H21F4N3O4/c1-4-33-19(31)11-18-21-28-29-22(23(25,26)27)30(21)16-9-8-13(24)10-15(16)20(34-18)14-6-5-7-17(32-3)12(14)2/h5-10,18,20H,4,11H2,1-3H3/t18-,20-/m0/s1. The van der Waals surface area contributed by atoms with Gasteiger partial charge in [-0.2, -0.15) is 13.2 Å². The van der Waals surface area contributed by atoms with E-state index in [0.717, 1.165) is 16.7 Å². The summed E-state index contributed by atoms with van der Waals surface area (Å²) in [5.74, 6) is -2.39. The summed E-state index contributed by atoms with van der Waals surface area (Å²) in [6.07, 6.45) is -7.58. The molecule has 1 aliphatic rings. The van der Waals surface area contributed by atoms with Gasteiger partial charge in [-0.15, -0.1) is 10.2 Å². The van der Waals surface area contributed by atoms with Gasteiger partial charge in [-0.1, -0.05) is 12.1 Å². The Morgan fingerprint density at radius 1 is 1.18 bits per heavy atom. The largest absolute Gasteiger partial charge is 0.496 e. The van der Waals surface area contributed by atoms with E-state index in [9.17, 15) is 22.4 Å². The summed E-state index contributed by atoms with van der Waals surface area (Å²) in [5, 5.41) is 7.05. The van der Waals surface area contributed by atoms with E-state index < -0.39 is 42.4 Å². The lowest BCUT2D eigenvalue weighted by Crippen LogP contribution is -2.18. The second-order valence-electron chi connectivity index (χ2n) is 7.61. The number of aromatic nitrogens is 3. The maximum Gasteiger partial charge on any atom is 0.452 e.